The number of benzene rings is 2. The van der Waals surface area contributed by atoms with Crippen LogP contribution in [-0.4, -0.2) is 28.9 Å². The number of hydrogen-bond donors (Lipinski definition) is 1. The molecule has 5 heteroatoms. The molecule has 1 N–H and O–H groups in total. The number of thiocarbonyl (C=S) groups is 1. The molecule has 1 amide bonds. The van der Waals surface area contributed by atoms with Crippen LogP contribution in [0.5, 0.6) is 0 Å². The van der Waals surface area contributed by atoms with E-state index in [9.17, 15) is 4.79 Å². The molecular formula is C23H27N2OPS. The minimum absolute atomic E-state index is 0.161. The topological polar surface area (TPSA) is 32.3 Å². The number of nitrogens with zero attached hydrogens (tertiary/aromatic N) is 1. The van der Waals surface area contributed by atoms with Crippen LogP contribution in [0, 0.1) is 11.8 Å². The van der Waals surface area contributed by atoms with Crippen molar-refractivity contribution < 1.29 is 4.79 Å². The predicted octanol–water partition coefficient (Wildman–Crippen LogP) is 4.63. The summed E-state index contributed by atoms with van der Waals surface area (Å²) in [6, 6.07) is 15.7. The predicted molar refractivity (Wildman–Crippen MR) is 124 cm³/mol. The van der Waals surface area contributed by atoms with Gasteiger partial charge in [-0.25, -0.2) is 0 Å². The fraction of sp³-hybridized carbons (Fsp3) is 0.391. The second kappa shape index (κ2) is 8.71. The third kappa shape index (κ3) is 4.29. The van der Waals surface area contributed by atoms with Crippen molar-refractivity contribution >= 4 is 43.3 Å². The van der Waals surface area contributed by atoms with Crippen molar-refractivity contribution in [3.05, 3.63) is 59.7 Å². The Bertz CT molecular complexity index is 867. The zero-order valence-corrected chi connectivity index (χ0v) is 18.0. The molecule has 2 aliphatic rings. The lowest BCUT2D eigenvalue weighted by Crippen LogP contribution is -2.44. The van der Waals surface area contributed by atoms with Crippen molar-refractivity contribution in [2.24, 2.45) is 11.8 Å². The van der Waals surface area contributed by atoms with E-state index >= 15 is 0 Å². The number of piperidine rings is 1. The van der Waals surface area contributed by atoms with Crippen LogP contribution in [0.2, 0.25) is 0 Å². The molecule has 1 heterocycles. The zero-order chi connectivity index (χ0) is 19.5. The second-order valence-electron chi connectivity index (χ2n) is 7.96. The highest BCUT2D eigenvalue weighted by Gasteiger charge is 2.33. The summed E-state index contributed by atoms with van der Waals surface area (Å²) < 4.78 is 0. The summed E-state index contributed by atoms with van der Waals surface area (Å²) in [4.78, 5) is 15.7. The molecule has 0 bridgehead atoms. The van der Waals surface area contributed by atoms with Gasteiger partial charge in [0.2, 0.25) is 0 Å². The van der Waals surface area contributed by atoms with Crippen LogP contribution in [0.1, 0.15) is 48.0 Å². The van der Waals surface area contributed by atoms with E-state index in [0.717, 1.165) is 41.1 Å². The van der Waals surface area contributed by atoms with Gasteiger partial charge in [-0.05, 0) is 54.2 Å². The van der Waals surface area contributed by atoms with Crippen molar-refractivity contribution in [2.75, 3.05) is 18.4 Å². The summed E-state index contributed by atoms with van der Waals surface area (Å²) >= 11 is 5.53. The van der Waals surface area contributed by atoms with Crippen LogP contribution in [0.25, 0.3) is 0 Å². The average molecular weight is 411 g/mol. The Labute approximate surface area is 175 Å². The molecule has 0 radical (unpaired) electrons. The average Bonchev–Trinajstić information content (AvgIpc) is 2.73. The van der Waals surface area contributed by atoms with Crippen LogP contribution in [-0.2, 0) is 0 Å². The second-order valence-corrected chi connectivity index (χ2v) is 8.99. The molecule has 1 saturated carbocycles. The number of fused-ring (bicyclic) bond motifs is 1. The Balaban J connectivity index is 1.39. The molecule has 3 unspecified atom stereocenters. The lowest BCUT2D eigenvalue weighted by atomic mass is 9.75. The van der Waals surface area contributed by atoms with E-state index in [1.165, 1.54) is 32.1 Å². The van der Waals surface area contributed by atoms with Gasteiger partial charge in [0, 0.05) is 29.9 Å². The number of anilines is 1. The molecule has 2 fully saturated rings. The molecule has 2 aromatic rings. The molecule has 3 nitrogen and oxygen atoms in total. The van der Waals surface area contributed by atoms with E-state index in [2.05, 4.69) is 19.5 Å². The highest BCUT2D eigenvalue weighted by Crippen LogP contribution is 2.36. The Kier molecular flexibility index (Phi) is 6.08. The third-order valence-corrected chi connectivity index (χ3v) is 7.00. The SMILES string of the molecule is O=C(c1ccc(NC(=S)c2ccccc2P)cc1)N1CCC2CCCCC2C1. The number of nitrogens with one attached hydrogen (secondary N) is 1. The first-order chi connectivity index (χ1) is 13.6. The summed E-state index contributed by atoms with van der Waals surface area (Å²) in [5.41, 5.74) is 2.66. The summed E-state index contributed by atoms with van der Waals surface area (Å²) in [5.74, 6) is 1.70. The van der Waals surface area contributed by atoms with Crippen molar-refractivity contribution in [1.82, 2.24) is 4.90 Å². The van der Waals surface area contributed by atoms with E-state index in [1.54, 1.807) is 0 Å². The van der Waals surface area contributed by atoms with Gasteiger partial charge in [-0.2, -0.15) is 0 Å². The first kappa shape index (κ1) is 19.5. The maximum Gasteiger partial charge on any atom is 0.253 e. The van der Waals surface area contributed by atoms with Crippen LogP contribution in [0.15, 0.2) is 48.5 Å². The van der Waals surface area contributed by atoms with Gasteiger partial charge in [0.15, 0.2) is 0 Å². The molecule has 1 aliphatic carbocycles. The highest BCUT2D eigenvalue weighted by molar-refractivity contribution is 7.81. The van der Waals surface area contributed by atoms with Crippen LogP contribution >= 0.6 is 21.5 Å². The zero-order valence-electron chi connectivity index (χ0n) is 16.1. The van der Waals surface area contributed by atoms with Crippen molar-refractivity contribution in [1.29, 1.82) is 0 Å². The molecule has 4 rings (SSSR count). The maximum absolute atomic E-state index is 13.0. The fourth-order valence-corrected chi connectivity index (χ4v) is 5.33. The summed E-state index contributed by atoms with van der Waals surface area (Å²) in [7, 11) is 2.71. The van der Waals surface area contributed by atoms with E-state index < -0.39 is 0 Å². The molecule has 0 aromatic heterocycles. The van der Waals surface area contributed by atoms with Gasteiger partial charge < -0.3 is 10.2 Å². The Hall–Kier alpha value is -1.77. The number of amides is 1. The largest absolute Gasteiger partial charge is 0.346 e. The molecular weight excluding hydrogens is 383 g/mol. The maximum atomic E-state index is 13.0. The quantitative estimate of drug-likeness (QED) is 0.592. The minimum atomic E-state index is 0.161. The first-order valence-corrected chi connectivity index (χ1v) is 11.2. The van der Waals surface area contributed by atoms with Gasteiger partial charge in [-0.15, -0.1) is 9.24 Å². The molecule has 3 atom stereocenters. The lowest BCUT2D eigenvalue weighted by molar-refractivity contribution is 0.0521. The lowest BCUT2D eigenvalue weighted by Gasteiger charge is -2.41. The van der Waals surface area contributed by atoms with Gasteiger partial charge in [-0.3, -0.25) is 4.79 Å². The van der Waals surface area contributed by atoms with E-state index in [-0.39, 0.29) is 5.91 Å². The van der Waals surface area contributed by atoms with E-state index in [4.69, 9.17) is 12.2 Å². The Morgan fingerprint density at radius 1 is 1.00 bits per heavy atom. The van der Waals surface area contributed by atoms with Gasteiger partial charge in [0.1, 0.15) is 4.99 Å². The summed E-state index contributed by atoms with van der Waals surface area (Å²) in [6.07, 6.45) is 6.49. The van der Waals surface area contributed by atoms with Crippen molar-refractivity contribution in [3.63, 3.8) is 0 Å². The number of hydrogen-bond acceptors (Lipinski definition) is 2. The number of rotatable bonds is 3. The number of carbonyl (C=O) groups excluding carboxylic acids is 1. The van der Waals surface area contributed by atoms with Crippen LogP contribution < -0.4 is 10.6 Å². The van der Waals surface area contributed by atoms with Gasteiger partial charge in [0.25, 0.3) is 5.91 Å². The minimum Gasteiger partial charge on any atom is -0.346 e. The third-order valence-electron chi connectivity index (χ3n) is 6.17. The number of carbonyl (C=O) groups is 1. The molecule has 146 valence electrons. The van der Waals surface area contributed by atoms with Crippen molar-refractivity contribution in [2.45, 2.75) is 32.1 Å². The van der Waals surface area contributed by atoms with E-state index in [0.29, 0.717) is 10.9 Å². The van der Waals surface area contributed by atoms with Crippen LogP contribution in [0.3, 0.4) is 0 Å². The van der Waals surface area contributed by atoms with Gasteiger partial charge in [-0.1, -0.05) is 55.7 Å². The standard InChI is InChI=1S/C23H27N2OPS/c26-23(25-14-13-16-5-1-2-6-18(16)15-25)17-9-11-19(12-10-17)24-22(28)20-7-3-4-8-21(20)27/h3-4,7-12,16,18H,1-2,5-6,13-15,27H2,(H,24,28). The van der Waals surface area contributed by atoms with Crippen molar-refractivity contribution in [3.8, 4) is 0 Å². The van der Waals surface area contributed by atoms with Gasteiger partial charge >= 0.3 is 0 Å². The van der Waals surface area contributed by atoms with Gasteiger partial charge in [0.05, 0.1) is 0 Å². The van der Waals surface area contributed by atoms with E-state index in [1.807, 2.05) is 48.5 Å². The Morgan fingerprint density at radius 3 is 2.46 bits per heavy atom. The summed E-state index contributed by atoms with van der Waals surface area (Å²) in [6.45, 7) is 1.83. The molecule has 28 heavy (non-hydrogen) atoms. The molecule has 1 aliphatic heterocycles. The smallest absolute Gasteiger partial charge is 0.253 e. The normalized spacial score (nSPS) is 21.7. The first-order valence-electron chi connectivity index (χ1n) is 10.2. The van der Waals surface area contributed by atoms with Crippen LogP contribution in [0.4, 0.5) is 5.69 Å². The molecule has 1 saturated heterocycles. The molecule has 2 aromatic carbocycles. The fourth-order valence-electron chi connectivity index (χ4n) is 4.57. The highest BCUT2D eigenvalue weighted by atomic mass is 32.1. The molecule has 0 spiro atoms. The number of likely N-dealkylation sites (tertiary alicyclic amines) is 1. The Morgan fingerprint density at radius 2 is 1.71 bits per heavy atom. The monoisotopic (exact) mass is 410 g/mol. The summed E-state index contributed by atoms with van der Waals surface area (Å²) in [5, 5.41) is 4.34.